The van der Waals surface area contributed by atoms with Gasteiger partial charge in [0.25, 0.3) is 0 Å². The Morgan fingerprint density at radius 3 is 2.27 bits per heavy atom. The number of sulfonamides is 1. The van der Waals surface area contributed by atoms with Crippen LogP contribution in [0.25, 0.3) is 0 Å². The summed E-state index contributed by atoms with van der Waals surface area (Å²) in [6, 6.07) is 2.16. The molecule has 0 atom stereocenters. The first-order valence-corrected chi connectivity index (χ1v) is 5.79. The molecular weight excluding hydrogens is 265 g/mol. The second-order valence-electron chi connectivity index (χ2n) is 2.58. The molecule has 0 amide bonds. The maximum atomic E-state index is 11.0. The first-order chi connectivity index (χ1) is 6.75. The van der Waals surface area contributed by atoms with E-state index in [1.807, 2.05) is 0 Å². The summed E-state index contributed by atoms with van der Waals surface area (Å²) in [6.07, 6.45) is 0. The van der Waals surface area contributed by atoms with E-state index < -0.39 is 31.5 Å². The van der Waals surface area contributed by atoms with E-state index in [9.17, 15) is 13.2 Å². The zero-order valence-electron chi connectivity index (χ0n) is 7.07. The lowest BCUT2D eigenvalue weighted by molar-refractivity contribution is 0.0697. The van der Waals surface area contributed by atoms with E-state index in [0.29, 0.717) is 0 Å². The molecule has 1 aromatic carbocycles. The standard InChI is InChI=1S/C7H5Cl2NO4S/c8-3-1-2-4(15(10,13)14)6(9)5(3)7(11)12/h1-2H,(H,11,12)(H2,10,13,14). The third-order valence-corrected chi connectivity index (χ3v) is 3.35. The van der Waals surface area contributed by atoms with Crippen molar-refractivity contribution in [3.63, 3.8) is 0 Å². The van der Waals surface area contributed by atoms with Crippen molar-refractivity contribution in [1.29, 1.82) is 0 Å². The summed E-state index contributed by atoms with van der Waals surface area (Å²) in [4.78, 5) is 10.3. The monoisotopic (exact) mass is 269 g/mol. The average molecular weight is 270 g/mol. The molecule has 0 saturated carbocycles. The van der Waals surface area contributed by atoms with Gasteiger partial charge in [0.2, 0.25) is 10.0 Å². The fourth-order valence-corrected chi connectivity index (χ4v) is 2.41. The van der Waals surface area contributed by atoms with Crippen LogP contribution >= 0.6 is 23.2 Å². The number of primary sulfonamides is 1. The molecular formula is C7H5Cl2NO4S. The third kappa shape index (κ3) is 2.40. The van der Waals surface area contributed by atoms with Gasteiger partial charge in [0.1, 0.15) is 4.90 Å². The Morgan fingerprint density at radius 1 is 1.33 bits per heavy atom. The lowest BCUT2D eigenvalue weighted by atomic mass is 10.2. The molecule has 1 rings (SSSR count). The first kappa shape index (κ1) is 12.3. The number of aromatic carboxylic acids is 1. The van der Waals surface area contributed by atoms with Crippen molar-refractivity contribution >= 4 is 39.2 Å². The van der Waals surface area contributed by atoms with Crippen molar-refractivity contribution < 1.29 is 18.3 Å². The Labute approximate surface area is 95.5 Å². The second-order valence-corrected chi connectivity index (χ2v) is 4.90. The van der Waals surface area contributed by atoms with Crippen LogP contribution in [0.15, 0.2) is 17.0 Å². The predicted octanol–water partition coefficient (Wildman–Crippen LogP) is 1.34. The van der Waals surface area contributed by atoms with E-state index in [4.69, 9.17) is 33.4 Å². The fraction of sp³-hybridized carbons (Fsp3) is 0. The van der Waals surface area contributed by atoms with E-state index in [-0.39, 0.29) is 5.02 Å². The zero-order chi connectivity index (χ0) is 11.8. The number of rotatable bonds is 2. The van der Waals surface area contributed by atoms with E-state index in [0.717, 1.165) is 12.1 Å². The second kappa shape index (κ2) is 3.97. The number of carbonyl (C=O) groups is 1. The highest BCUT2D eigenvalue weighted by Crippen LogP contribution is 2.30. The van der Waals surface area contributed by atoms with E-state index in [1.54, 1.807) is 0 Å². The topological polar surface area (TPSA) is 97.5 Å². The smallest absolute Gasteiger partial charge is 0.338 e. The molecule has 0 heterocycles. The van der Waals surface area contributed by atoms with Gasteiger partial charge in [-0.1, -0.05) is 23.2 Å². The molecule has 1 aromatic rings. The minimum absolute atomic E-state index is 0.153. The van der Waals surface area contributed by atoms with Crippen LogP contribution in [0.1, 0.15) is 10.4 Å². The van der Waals surface area contributed by atoms with E-state index >= 15 is 0 Å². The van der Waals surface area contributed by atoms with Gasteiger partial charge in [0.05, 0.1) is 15.6 Å². The number of nitrogens with two attached hydrogens (primary N) is 1. The van der Waals surface area contributed by atoms with Crippen molar-refractivity contribution in [2.75, 3.05) is 0 Å². The van der Waals surface area contributed by atoms with Crippen LogP contribution in [0.3, 0.4) is 0 Å². The Morgan fingerprint density at radius 2 is 1.87 bits per heavy atom. The average Bonchev–Trinajstić information content (AvgIpc) is 2.00. The lowest BCUT2D eigenvalue weighted by Crippen LogP contribution is -2.14. The largest absolute Gasteiger partial charge is 0.478 e. The van der Waals surface area contributed by atoms with Gasteiger partial charge in [0.15, 0.2) is 0 Å². The van der Waals surface area contributed by atoms with Crippen LogP contribution in [0.4, 0.5) is 0 Å². The Hall–Kier alpha value is -0.820. The number of hydrogen-bond acceptors (Lipinski definition) is 3. The molecule has 5 nitrogen and oxygen atoms in total. The molecule has 82 valence electrons. The summed E-state index contributed by atoms with van der Waals surface area (Å²) in [6.45, 7) is 0. The number of carboxylic acid groups (broad SMARTS) is 1. The highest BCUT2D eigenvalue weighted by atomic mass is 35.5. The van der Waals surface area contributed by atoms with Crippen molar-refractivity contribution in [1.82, 2.24) is 0 Å². The Balaban J connectivity index is 3.64. The molecule has 0 fully saturated rings. The minimum Gasteiger partial charge on any atom is -0.478 e. The molecule has 0 aliphatic heterocycles. The van der Waals surface area contributed by atoms with Crippen molar-refractivity contribution in [3.05, 3.63) is 27.7 Å². The Bertz CT molecular complexity index is 526. The van der Waals surface area contributed by atoms with Gasteiger partial charge in [-0.25, -0.2) is 18.4 Å². The molecule has 0 bridgehead atoms. The molecule has 0 unspecified atom stereocenters. The number of halogens is 2. The van der Waals surface area contributed by atoms with Gasteiger partial charge in [-0.3, -0.25) is 0 Å². The van der Waals surface area contributed by atoms with Gasteiger partial charge in [-0.05, 0) is 12.1 Å². The number of benzene rings is 1. The van der Waals surface area contributed by atoms with E-state index in [1.165, 1.54) is 0 Å². The zero-order valence-corrected chi connectivity index (χ0v) is 9.40. The van der Waals surface area contributed by atoms with Crippen LogP contribution in [-0.2, 0) is 10.0 Å². The van der Waals surface area contributed by atoms with Crippen molar-refractivity contribution in [3.8, 4) is 0 Å². The molecule has 3 N–H and O–H groups in total. The molecule has 0 aliphatic rings. The summed E-state index contributed by atoms with van der Waals surface area (Å²) in [5, 5.41) is 12.9. The SMILES string of the molecule is NS(=O)(=O)c1ccc(Cl)c(C(=O)O)c1Cl. The van der Waals surface area contributed by atoms with Crippen LogP contribution in [0.2, 0.25) is 10.0 Å². The quantitative estimate of drug-likeness (QED) is 0.847. The van der Waals surface area contributed by atoms with Crippen LogP contribution in [0, 0.1) is 0 Å². The summed E-state index contributed by atoms with van der Waals surface area (Å²) >= 11 is 11.1. The molecule has 8 heteroatoms. The van der Waals surface area contributed by atoms with Crippen LogP contribution in [-0.4, -0.2) is 19.5 Å². The lowest BCUT2D eigenvalue weighted by Gasteiger charge is -2.06. The number of hydrogen-bond donors (Lipinski definition) is 2. The van der Waals surface area contributed by atoms with Gasteiger partial charge < -0.3 is 5.11 Å². The van der Waals surface area contributed by atoms with Crippen LogP contribution < -0.4 is 5.14 Å². The molecule has 0 aliphatic carbocycles. The van der Waals surface area contributed by atoms with Gasteiger partial charge >= 0.3 is 5.97 Å². The van der Waals surface area contributed by atoms with E-state index in [2.05, 4.69) is 0 Å². The van der Waals surface area contributed by atoms with Gasteiger partial charge in [-0.15, -0.1) is 0 Å². The minimum atomic E-state index is -4.06. The summed E-state index contributed by atoms with van der Waals surface area (Å²) in [7, 11) is -4.06. The first-order valence-electron chi connectivity index (χ1n) is 3.49. The molecule has 15 heavy (non-hydrogen) atoms. The van der Waals surface area contributed by atoms with Crippen molar-refractivity contribution in [2.45, 2.75) is 4.90 Å². The highest BCUT2D eigenvalue weighted by molar-refractivity contribution is 7.89. The fourth-order valence-electron chi connectivity index (χ4n) is 0.949. The molecule has 0 aromatic heterocycles. The van der Waals surface area contributed by atoms with Gasteiger partial charge in [-0.2, -0.15) is 0 Å². The summed E-state index contributed by atoms with van der Waals surface area (Å²) in [5.74, 6) is -1.42. The summed E-state index contributed by atoms with van der Waals surface area (Å²) in [5.41, 5.74) is -0.482. The van der Waals surface area contributed by atoms with Crippen molar-refractivity contribution in [2.24, 2.45) is 5.14 Å². The van der Waals surface area contributed by atoms with Gasteiger partial charge in [0, 0.05) is 0 Å². The molecule has 0 spiro atoms. The predicted molar refractivity (Wildman–Crippen MR) is 54.8 cm³/mol. The maximum Gasteiger partial charge on any atom is 0.338 e. The molecule has 0 radical (unpaired) electrons. The Kier molecular flexibility index (Phi) is 3.25. The maximum absolute atomic E-state index is 11.0. The number of carboxylic acids is 1. The molecule has 0 saturated heterocycles. The third-order valence-electron chi connectivity index (χ3n) is 1.58. The van der Waals surface area contributed by atoms with Crippen LogP contribution in [0.5, 0.6) is 0 Å². The highest BCUT2D eigenvalue weighted by Gasteiger charge is 2.21. The summed E-state index contributed by atoms with van der Waals surface area (Å²) < 4.78 is 22.0. The normalized spacial score (nSPS) is 11.4.